The maximum absolute atomic E-state index is 12.8. The number of sulfonamides is 1. The first-order valence-electron chi connectivity index (χ1n) is 9.69. The number of morpholine rings is 1. The molecule has 0 spiro atoms. The molecule has 2 rings (SSSR count). The van der Waals surface area contributed by atoms with E-state index in [1.807, 2.05) is 0 Å². The number of hydrogen-bond donors (Lipinski definition) is 1. The number of ether oxygens (including phenoxy) is 1. The van der Waals surface area contributed by atoms with Gasteiger partial charge in [-0.25, -0.2) is 8.42 Å². The van der Waals surface area contributed by atoms with Gasteiger partial charge in [-0.05, 0) is 42.9 Å². The van der Waals surface area contributed by atoms with Crippen LogP contribution in [0.3, 0.4) is 0 Å². The zero-order chi connectivity index (χ0) is 20.0. The van der Waals surface area contributed by atoms with Crippen molar-refractivity contribution < 1.29 is 17.9 Å². The fourth-order valence-corrected chi connectivity index (χ4v) is 4.81. The van der Waals surface area contributed by atoms with E-state index in [0.717, 1.165) is 12.8 Å². The number of benzene rings is 1. The van der Waals surface area contributed by atoms with E-state index in [0.29, 0.717) is 43.7 Å². The second-order valence-corrected chi connectivity index (χ2v) is 9.91. The van der Waals surface area contributed by atoms with E-state index < -0.39 is 10.0 Å². The molecule has 0 unspecified atom stereocenters. The van der Waals surface area contributed by atoms with Crippen molar-refractivity contribution in [2.75, 3.05) is 26.3 Å². The van der Waals surface area contributed by atoms with Gasteiger partial charge in [-0.15, -0.1) is 0 Å². The van der Waals surface area contributed by atoms with Crippen LogP contribution >= 0.6 is 0 Å². The Kier molecular flexibility index (Phi) is 7.82. The minimum absolute atomic E-state index is 0.0806. The molecule has 0 radical (unpaired) electrons. The Balaban J connectivity index is 2.16. The van der Waals surface area contributed by atoms with Gasteiger partial charge in [0.15, 0.2) is 0 Å². The standard InChI is InChI=1S/C20H32N2O4S/c1-15(2)12-18(13-16(3)4)21-20(23)17-6-5-7-19(14-17)27(24,25)22-8-10-26-11-9-22/h5-7,14-16,18H,8-13H2,1-4H3,(H,21,23). The quantitative estimate of drug-likeness (QED) is 0.733. The molecule has 0 bridgehead atoms. The average molecular weight is 397 g/mol. The van der Waals surface area contributed by atoms with Gasteiger partial charge in [0.1, 0.15) is 0 Å². The minimum Gasteiger partial charge on any atom is -0.379 e. The maximum atomic E-state index is 12.8. The van der Waals surface area contributed by atoms with E-state index >= 15 is 0 Å². The van der Waals surface area contributed by atoms with Gasteiger partial charge in [0.05, 0.1) is 18.1 Å². The summed E-state index contributed by atoms with van der Waals surface area (Å²) >= 11 is 0. The van der Waals surface area contributed by atoms with Crippen molar-refractivity contribution in [2.24, 2.45) is 11.8 Å². The lowest BCUT2D eigenvalue weighted by molar-refractivity contribution is 0.0730. The molecule has 1 aliphatic heterocycles. The molecular formula is C20H32N2O4S. The largest absolute Gasteiger partial charge is 0.379 e. The summed E-state index contributed by atoms with van der Waals surface area (Å²) in [4.78, 5) is 12.9. The predicted octanol–water partition coefficient (Wildman–Crippen LogP) is 2.90. The molecule has 0 atom stereocenters. The molecule has 1 fully saturated rings. The first-order chi connectivity index (χ1) is 12.7. The van der Waals surface area contributed by atoms with Gasteiger partial charge >= 0.3 is 0 Å². The van der Waals surface area contributed by atoms with E-state index in [2.05, 4.69) is 33.0 Å². The Hall–Kier alpha value is -1.44. The van der Waals surface area contributed by atoms with Crippen LogP contribution in [0.15, 0.2) is 29.2 Å². The molecule has 152 valence electrons. The van der Waals surface area contributed by atoms with Crippen molar-refractivity contribution in [1.29, 1.82) is 0 Å². The van der Waals surface area contributed by atoms with Crippen LogP contribution in [-0.4, -0.2) is 51.0 Å². The average Bonchev–Trinajstić information content (AvgIpc) is 2.61. The SMILES string of the molecule is CC(C)CC(CC(C)C)NC(=O)c1cccc(S(=O)(=O)N2CCOCC2)c1. The minimum atomic E-state index is -3.61. The van der Waals surface area contributed by atoms with Crippen LogP contribution in [0.4, 0.5) is 0 Å². The van der Waals surface area contributed by atoms with E-state index in [1.54, 1.807) is 18.2 Å². The molecule has 1 heterocycles. The van der Waals surface area contributed by atoms with Gasteiger partial charge < -0.3 is 10.1 Å². The lowest BCUT2D eigenvalue weighted by atomic mass is 9.95. The third kappa shape index (κ3) is 6.30. The Labute approximate surface area is 163 Å². The van der Waals surface area contributed by atoms with Crippen molar-refractivity contribution in [1.82, 2.24) is 9.62 Å². The first kappa shape index (κ1) is 21.9. The molecule has 27 heavy (non-hydrogen) atoms. The smallest absolute Gasteiger partial charge is 0.251 e. The predicted molar refractivity (Wildman–Crippen MR) is 106 cm³/mol. The fraction of sp³-hybridized carbons (Fsp3) is 0.650. The Morgan fingerprint density at radius 1 is 1.11 bits per heavy atom. The molecule has 1 amide bonds. The van der Waals surface area contributed by atoms with Crippen LogP contribution in [0.1, 0.15) is 50.9 Å². The number of hydrogen-bond acceptors (Lipinski definition) is 4. The highest BCUT2D eigenvalue weighted by molar-refractivity contribution is 7.89. The Morgan fingerprint density at radius 3 is 2.26 bits per heavy atom. The number of rotatable bonds is 8. The van der Waals surface area contributed by atoms with E-state index in [4.69, 9.17) is 4.74 Å². The zero-order valence-corrected chi connectivity index (χ0v) is 17.6. The molecule has 7 heteroatoms. The van der Waals surface area contributed by atoms with Crippen LogP contribution in [0.2, 0.25) is 0 Å². The molecule has 0 saturated carbocycles. The highest BCUT2D eigenvalue weighted by atomic mass is 32.2. The topological polar surface area (TPSA) is 75.7 Å². The number of carbonyl (C=O) groups is 1. The van der Waals surface area contributed by atoms with Gasteiger partial charge in [0.2, 0.25) is 10.0 Å². The summed E-state index contributed by atoms with van der Waals surface area (Å²) in [5.74, 6) is 0.726. The third-order valence-electron chi connectivity index (χ3n) is 4.55. The number of nitrogens with one attached hydrogen (secondary N) is 1. The van der Waals surface area contributed by atoms with Gasteiger partial charge in [0, 0.05) is 24.7 Å². The normalized spacial score (nSPS) is 16.3. The Bertz CT molecular complexity index is 715. The highest BCUT2D eigenvalue weighted by Gasteiger charge is 2.27. The highest BCUT2D eigenvalue weighted by Crippen LogP contribution is 2.19. The second-order valence-electron chi connectivity index (χ2n) is 7.97. The van der Waals surface area contributed by atoms with Crippen molar-refractivity contribution in [2.45, 2.75) is 51.5 Å². The van der Waals surface area contributed by atoms with Gasteiger partial charge in [0.25, 0.3) is 5.91 Å². The molecule has 1 saturated heterocycles. The molecule has 1 aromatic rings. The van der Waals surface area contributed by atoms with Crippen LogP contribution < -0.4 is 5.32 Å². The van der Waals surface area contributed by atoms with E-state index in [1.165, 1.54) is 10.4 Å². The van der Waals surface area contributed by atoms with Crippen LogP contribution in [0.25, 0.3) is 0 Å². The van der Waals surface area contributed by atoms with Gasteiger partial charge in [-0.3, -0.25) is 4.79 Å². The van der Waals surface area contributed by atoms with Crippen LogP contribution in [0.5, 0.6) is 0 Å². The summed E-state index contributed by atoms with van der Waals surface area (Å²) in [6.45, 7) is 10.00. The van der Waals surface area contributed by atoms with E-state index in [9.17, 15) is 13.2 Å². The lowest BCUT2D eigenvalue weighted by Gasteiger charge is -2.26. The first-order valence-corrected chi connectivity index (χ1v) is 11.1. The lowest BCUT2D eigenvalue weighted by Crippen LogP contribution is -2.40. The fourth-order valence-electron chi connectivity index (χ4n) is 3.35. The molecule has 0 aliphatic carbocycles. The molecular weight excluding hydrogens is 364 g/mol. The Morgan fingerprint density at radius 2 is 1.70 bits per heavy atom. The summed E-state index contributed by atoms with van der Waals surface area (Å²) in [6.07, 6.45) is 1.80. The molecule has 1 aliphatic rings. The van der Waals surface area contributed by atoms with Crippen LogP contribution in [-0.2, 0) is 14.8 Å². The van der Waals surface area contributed by atoms with Gasteiger partial charge in [-0.2, -0.15) is 4.31 Å². The second kappa shape index (κ2) is 9.66. The van der Waals surface area contributed by atoms with Crippen molar-refractivity contribution >= 4 is 15.9 Å². The monoisotopic (exact) mass is 396 g/mol. The summed E-state index contributed by atoms with van der Waals surface area (Å²) in [6, 6.07) is 6.39. The van der Waals surface area contributed by atoms with E-state index in [-0.39, 0.29) is 16.8 Å². The number of amides is 1. The molecule has 6 nitrogen and oxygen atoms in total. The molecule has 1 N–H and O–H groups in total. The van der Waals surface area contributed by atoms with Crippen LogP contribution in [0, 0.1) is 11.8 Å². The summed E-state index contributed by atoms with van der Waals surface area (Å²) in [5, 5.41) is 3.09. The maximum Gasteiger partial charge on any atom is 0.251 e. The van der Waals surface area contributed by atoms with Crippen molar-refractivity contribution in [3.8, 4) is 0 Å². The summed E-state index contributed by atoms with van der Waals surface area (Å²) in [5.41, 5.74) is 0.377. The summed E-state index contributed by atoms with van der Waals surface area (Å²) < 4.78 is 32.3. The number of nitrogens with zero attached hydrogens (tertiary/aromatic N) is 1. The van der Waals surface area contributed by atoms with Gasteiger partial charge in [-0.1, -0.05) is 33.8 Å². The van der Waals surface area contributed by atoms with Crippen molar-refractivity contribution in [3.05, 3.63) is 29.8 Å². The van der Waals surface area contributed by atoms with Crippen molar-refractivity contribution in [3.63, 3.8) is 0 Å². The number of carbonyl (C=O) groups excluding carboxylic acids is 1. The third-order valence-corrected chi connectivity index (χ3v) is 6.45. The molecule has 1 aromatic carbocycles. The molecule has 0 aromatic heterocycles. The zero-order valence-electron chi connectivity index (χ0n) is 16.8. The summed E-state index contributed by atoms with van der Waals surface area (Å²) in [7, 11) is -3.61.